The fraction of sp³-hybridized carbons (Fsp3) is 0.455. The number of nitrogens with zero attached hydrogens (tertiary/aromatic N) is 2. The average molecular weight is 462 g/mol. The van der Waals surface area contributed by atoms with Crippen LogP contribution >= 0.6 is 11.6 Å². The molecule has 8 nitrogen and oxygen atoms in total. The second-order valence-corrected chi connectivity index (χ2v) is 9.04. The van der Waals surface area contributed by atoms with Gasteiger partial charge in [-0.05, 0) is 63.1 Å². The summed E-state index contributed by atoms with van der Waals surface area (Å²) in [5.41, 5.74) is 5.67. The molecule has 10 heteroatoms. The number of nitrogens with two attached hydrogens (primary N) is 1. The summed E-state index contributed by atoms with van der Waals surface area (Å²) in [7, 11) is 0. The molecule has 170 valence electrons. The van der Waals surface area contributed by atoms with E-state index < -0.39 is 23.0 Å². The molecule has 2 heterocycles. The lowest BCUT2D eigenvalue weighted by Crippen LogP contribution is -2.52. The van der Waals surface area contributed by atoms with Gasteiger partial charge in [-0.3, -0.25) is 14.4 Å². The van der Waals surface area contributed by atoms with Gasteiger partial charge in [-0.2, -0.15) is 0 Å². The lowest BCUT2D eigenvalue weighted by Gasteiger charge is -2.45. The van der Waals surface area contributed by atoms with E-state index >= 15 is 0 Å². The molecule has 2 aliphatic rings. The lowest BCUT2D eigenvalue weighted by molar-refractivity contribution is -0.132. The molecule has 0 radical (unpaired) electrons. The molecule has 1 aromatic carbocycles. The number of rotatable bonds is 4. The van der Waals surface area contributed by atoms with Gasteiger partial charge in [0.25, 0.3) is 11.8 Å². The van der Waals surface area contributed by atoms with Crippen LogP contribution in [0.2, 0.25) is 5.02 Å². The first-order valence-corrected chi connectivity index (χ1v) is 11.0. The van der Waals surface area contributed by atoms with Gasteiger partial charge >= 0.3 is 0 Å². The highest BCUT2D eigenvalue weighted by atomic mass is 35.5. The molecule has 0 atom stereocenters. The smallest absolute Gasteiger partial charge is 0.270 e. The topological polar surface area (TPSA) is 121 Å². The lowest BCUT2D eigenvalue weighted by atomic mass is 9.67. The Bertz CT molecular complexity index is 1080. The van der Waals surface area contributed by atoms with Crippen LogP contribution < -0.4 is 16.0 Å². The summed E-state index contributed by atoms with van der Waals surface area (Å²) in [6.45, 7) is 2.19. The minimum Gasteiger partial charge on any atom is -0.364 e. The molecule has 4 rings (SSSR count). The third-order valence-corrected chi connectivity index (χ3v) is 6.94. The van der Waals surface area contributed by atoms with Crippen molar-refractivity contribution in [2.45, 2.75) is 51.5 Å². The van der Waals surface area contributed by atoms with Crippen molar-refractivity contribution in [2.24, 2.45) is 11.1 Å². The number of aromatic amines is 1. The number of carbonyl (C=O) groups is 3. The Kier molecular flexibility index (Phi) is 5.94. The number of H-pyrrole nitrogens is 1. The second-order valence-electron chi connectivity index (χ2n) is 8.63. The fourth-order valence-electron chi connectivity index (χ4n) is 4.84. The maximum Gasteiger partial charge on any atom is 0.270 e. The number of halogens is 2. The standard InChI is InChI=1S/C22H25ClFN5O3/c1-12-9-16(14(23)10-15(12)24)29-8-2-5-22(21(29)32)6-3-13(4-7-22)28-20(31)18-17(19(25)30)26-11-27-18/h9-11,13H,2-8H2,1H3,(H2,25,30)(H,26,27)(H,28,31). The molecule has 2 aromatic rings. The summed E-state index contributed by atoms with van der Waals surface area (Å²) in [6.07, 6.45) is 5.35. The number of imidazole rings is 1. The maximum absolute atomic E-state index is 13.8. The van der Waals surface area contributed by atoms with Crippen LogP contribution in [-0.2, 0) is 4.79 Å². The van der Waals surface area contributed by atoms with Crippen LogP contribution in [0.1, 0.15) is 65.1 Å². The quantitative estimate of drug-likeness (QED) is 0.647. The SMILES string of the molecule is Cc1cc(N2CCCC3(CCC(NC(=O)c4[nH]cnc4C(N)=O)CC3)C2=O)c(Cl)cc1F. The minimum atomic E-state index is -0.776. The van der Waals surface area contributed by atoms with E-state index in [0.29, 0.717) is 43.5 Å². The van der Waals surface area contributed by atoms with Crippen LogP contribution in [0.4, 0.5) is 10.1 Å². The molecule has 32 heavy (non-hydrogen) atoms. The largest absolute Gasteiger partial charge is 0.364 e. The Morgan fingerprint density at radius 3 is 2.72 bits per heavy atom. The van der Waals surface area contributed by atoms with Crippen LogP contribution in [0.25, 0.3) is 0 Å². The number of nitrogens with one attached hydrogen (secondary N) is 2. The molecule has 1 aromatic heterocycles. The Labute approximate surface area is 189 Å². The normalized spacial score (nSPS) is 23.4. The summed E-state index contributed by atoms with van der Waals surface area (Å²) in [5.74, 6) is -1.61. The molecular weight excluding hydrogens is 437 g/mol. The Morgan fingerprint density at radius 2 is 2.03 bits per heavy atom. The van der Waals surface area contributed by atoms with Crippen molar-refractivity contribution in [3.63, 3.8) is 0 Å². The van der Waals surface area contributed by atoms with E-state index in [0.717, 1.165) is 12.8 Å². The van der Waals surface area contributed by atoms with E-state index in [9.17, 15) is 18.8 Å². The number of hydrogen-bond donors (Lipinski definition) is 3. The molecule has 0 bridgehead atoms. The molecule has 1 aliphatic carbocycles. The number of hydrogen-bond acceptors (Lipinski definition) is 4. The van der Waals surface area contributed by atoms with Crippen molar-refractivity contribution >= 4 is 35.0 Å². The highest BCUT2D eigenvalue weighted by molar-refractivity contribution is 6.34. The van der Waals surface area contributed by atoms with E-state index in [2.05, 4.69) is 15.3 Å². The van der Waals surface area contributed by atoms with Crippen molar-refractivity contribution < 1.29 is 18.8 Å². The highest BCUT2D eigenvalue weighted by Gasteiger charge is 2.47. The number of anilines is 1. The van der Waals surface area contributed by atoms with Gasteiger partial charge in [0.1, 0.15) is 11.5 Å². The zero-order chi connectivity index (χ0) is 23.0. The second kappa shape index (κ2) is 8.54. The zero-order valence-corrected chi connectivity index (χ0v) is 18.5. The van der Waals surface area contributed by atoms with Gasteiger partial charge in [0.05, 0.1) is 17.0 Å². The van der Waals surface area contributed by atoms with Crippen molar-refractivity contribution in [3.8, 4) is 0 Å². The number of amides is 3. The Hall–Kier alpha value is -2.94. The van der Waals surface area contributed by atoms with E-state index in [4.69, 9.17) is 17.3 Å². The zero-order valence-electron chi connectivity index (χ0n) is 17.7. The Balaban J connectivity index is 1.45. The number of primary amides is 1. The fourth-order valence-corrected chi connectivity index (χ4v) is 5.09. The van der Waals surface area contributed by atoms with Gasteiger partial charge in [0, 0.05) is 18.0 Å². The molecule has 3 amide bonds. The first kappa shape index (κ1) is 22.3. The number of carbonyl (C=O) groups excluding carboxylic acids is 3. The van der Waals surface area contributed by atoms with Crippen LogP contribution in [0.3, 0.4) is 0 Å². The summed E-state index contributed by atoms with van der Waals surface area (Å²) in [4.78, 5) is 45.6. The number of benzene rings is 1. The summed E-state index contributed by atoms with van der Waals surface area (Å²) < 4.78 is 13.8. The molecule has 1 aliphatic heterocycles. The van der Waals surface area contributed by atoms with Gasteiger partial charge in [-0.1, -0.05) is 11.6 Å². The van der Waals surface area contributed by atoms with Crippen molar-refractivity contribution in [1.29, 1.82) is 0 Å². The maximum atomic E-state index is 13.8. The van der Waals surface area contributed by atoms with Gasteiger partial charge in [0.2, 0.25) is 5.91 Å². The first-order valence-electron chi connectivity index (χ1n) is 10.6. The molecule has 0 unspecified atom stereocenters. The Morgan fingerprint density at radius 1 is 1.31 bits per heavy atom. The van der Waals surface area contributed by atoms with Crippen LogP contribution in [-0.4, -0.2) is 40.3 Å². The van der Waals surface area contributed by atoms with E-state index in [1.54, 1.807) is 17.9 Å². The van der Waals surface area contributed by atoms with Crippen molar-refractivity contribution in [3.05, 3.63) is 46.3 Å². The first-order chi connectivity index (χ1) is 15.2. The van der Waals surface area contributed by atoms with Gasteiger partial charge in [-0.15, -0.1) is 0 Å². The van der Waals surface area contributed by atoms with Gasteiger partial charge in [0.15, 0.2) is 5.69 Å². The highest BCUT2D eigenvalue weighted by Crippen LogP contribution is 2.46. The number of aromatic nitrogens is 2. The summed E-state index contributed by atoms with van der Waals surface area (Å²) in [5, 5.41) is 3.14. The molecule has 1 spiro atoms. The summed E-state index contributed by atoms with van der Waals surface area (Å²) in [6, 6.07) is 2.75. The monoisotopic (exact) mass is 461 g/mol. The van der Waals surface area contributed by atoms with Crippen LogP contribution in [0.15, 0.2) is 18.5 Å². The predicted molar refractivity (Wildman–Crippen MR) is 117 cm³/mol. The number of piperidine rings is 1. The van der Waals surface area contributed by atoms with Crippen molar-refractivity contribution in [2.75, 3.05) is 11.4 Å². The van der Waals surface area contributed by atoms with Gasteiger partial charge < -0.3 is 20.9 Å². The van der Waals surface area contributed by atoms with Gasteiger partial charge in [-0.25, -0.2) is 9.37 Å². The predicted octanol–water partition coefficient (Wildman–Crippen LogP) is 3.10. The minimum absolute atomic E-state index is 0.00557. The summed E-state index contributed by atoms with van der Waals surface area (Å²) >= 11 is 6.27. The molecular formula is C22H25ClFN5O3. The average Bonchev–Trinajstić information content (AvgIpc) is 3.25. The molecule has 2 fully saturated rings. The van der Waals surface area contributed by atoms with Crippen LogP contribution in [0.5, 0.6) is 0 Å². The van der Waals surface area contributed by atoms with Crippen molar-refractivity contribution in [1.82, 2.24) is 15.3 Å². The number of aryl methyl sites for hydroxylation is 1. The van der Waals surface area contributed by atoms with E-state index in [1.165, 1.54) is 12.4 Å². The van der Waals surface area contributed by atoms with E-state index in [-0.39, 0.29) is 28.4 Å². The van der Waals surface area contributed by atoms with Crippen LogP contribution in [0, 0.1) is 18.2 Å². The molecule has 1 saturated carbocycles. The van der Waals surface area contributed by atoms with E-state index in [1.807, 2.05) is 0 Å². The third-order valence-electron chi connectivity index (χ3n) is 6.63. The third kappa shape index (κ3) is 3.97. The molecule has 1 saturated heterocycles. The molecule has 4 N–H and O–H groups in total.